The summed E-state index contributed by atoms with van der Waals surface area (Å²) < 4.78 is 5.49. The number of halogens is 1. The Hall–Kier alpha value is -3.59. The van der Waals surface area contributed by atoms with Gasteiger partial charge in [-0.3, -0.25) is 24.6 Å². The Morgan fingerprint density at radius 1 is 0.972 bits per heavy atom. The minimum absolute atomic E-state index is 0.0781. The fourth-order valence-electron chi connectivity index (χ4n) is 4.47. The SMILES string of the molecule is Cc1cccc(C)c1N(C(=O)c1ccccc1Cl)C(=O)[C@H](c1ccc([N+](=O)[O-])cc1)N1CCOCC1. The van der Waals surface area contributed by atoms with E-state index in [0.29, 0.717) is 37.6 Å². The van der Waals surface area contributed by atoms with Crippen molar-refractivity contribution in [1.82, 2.24) is 4.90 Å². The molecular formula is C27H26ClN3O5. The molecule has 0 N–H and O–H groups in total. The van der Waals surface area contributed by atoms with E-state index in [1.807, 2.05) is 36.9 Å². The normalized spacial score (nSPS) is 14.8. The van der Waals surface area contributed by atoms with E-state index in [1.165, 1.54) is 17.0 Å². The molecule has 2 amide bonds. The number of nitrogens with zero attached hydrogens (tertiary/aromatic N) is 3. The van der Waals surface area contributed by atoms with Crippen LogP contribution in [-0.4, -0.2) is 47.9 Å². The summed E-state index contributed by atoms with van der Waals surface area (Å²) in [7, 11) is 0. The summed E-state index contributed by atoms with van der Waals surface area (Å²) in [5.74, 6) is -1.00. The predicted octanol–water partition coefficient (Wildman–Crippen LogP) is 5.11. The van der Waals surface area contributed by atoms with Crippen molar-refractivity contribution >= 4 is 34.8 Å². The molecular weight excluding hydrogens is 482 g/mol. The van der Waals surface area contributed by atoms with E-state index in [2.05, 4.69) is 0 Å². The number of ether oxygens (including phenoxy) is 1. The van der Waals surface area contributed by atoms with Crippen LogP contribution in [0, 0.1) is 24.0 Å². The Kier molecular flexibility index (Phi) is 7.79. The van der Waals surface area contributed by atoms with E-state index in [0.717, 1.165) is 11.1 Å². The second kappa shape index (κ2) is 11.0. The molecule has 0 aromatic heterocycles. The van der Waals surface area contributed by atoms with Gasteiger partial charge in [0.2, 0.25) is 0 Å². The van der Waals surface area contributed by atoms with Gasteiger partial charge >= 0.3 is 0 Å². The van der Waals surface area contributed by atoms with Gasteiger partial charge in [-0.2, -0.15) is 0 Å². The minimum atomic E-state index is -0.861. The highest BCUT2D eigenvalue weighted by Crippen LogP contribution is 2.33. The molecule has 3 aromatic rings. The number of rotatable bonds is 6. The van der Waals surface area contributed by atoms with Gasteiger partial charge in [0.25, 0.3) is 17.5 Å². The van der Waals surface area contributed by atoms with Gasteiger partial charge in [-0.25, -0.2) is 4.90 Å². The molecule has 1 aliphatic rings. The van der Waals surface area contributed by atoms with Gasteiger partial charge in [0.15, 0.2) is 0 Å². The van der Waals surface area contributed by atoms with Gasteiger partial charge in [0.1, 0.15) is 6.04 Å². The largest absolute Gasteiger partial charge is 0.379 e. The van der Waals surface area contributed by atoms with Crippen LogP contribution >= 0.6 is 11.6 Å². The fourth-order valence-corrected chi connectivity index (χ4v) is 4.69. The molecule has 4 rings (SSSR count). The molecule has 0 bridgehead atoms. The molecule has 1 aliphatic heterocycles. The number of benzene rings is 3. The zero-order chi connectivity index (χ0) is 25.8. The van der Waals surface area contributed by atoms with E-state index in [9.17, 15) is 19.7 Å². The lowest BCUT2D eigenvalue weighted by atomic mass is 9.99. The van der Waals surface area contributed by atoms with Crippen LogP contribution in [0.25, 0.3) is 0 Å². The van der Waals surface area contributed by atoms with Crippen molar-refractivity contribution < 1.29 is 19.2 Å². The molecule has 8 nitrogen and oxygen atoms in total. The number of carbonyl (C=O) groups is 2. The predicted molar refractivity (Wildman–Crippen MR) is 137 cm³/mol. The molecule has 0 saturated carbocycles. The average molecular weight is 508 g/mol. The van der Waals surface area contributed by atoms with Gasteiger partial charge in [0.05, 0.1) is 34.4 Å². The minimum Gasteiger partial charge on any atom is -0.379 e. The molecule has 1 atom stereocenters. The van der Waals surface area contributed by atoms with Crippen molar-refractivity contribution in [1.29, 1.82) is 0 Å². The molecule has 186 valence electrons. The third-order valence-electron chi connectivity index (χ3n) is 6.26. The monoisotopic (exact) mass is 507 g/mol. The summed E-state index contributed by atoms with van der Waals surface area (Å²) >= 11 is 6.38. The first-order chi connectivity index (χ1) is 17.3. The molecule has 0 aliphatic carbocycles. The number of amides is 2. The standard InChI is InChI=1S/C27H26ClN3O5/c1-18-6-5-7-19(2)24(18)30(26(32)22-8-3-4-9-23(22)28)27(33)25(29-14-16-36-17-15-29)20-10-12-21(13-11-20)31(34)35/h3-13,25H,14-17H2,1-2H3/t25-/m0/s1. The molecule has 36 heavy (non-hydrogen) atoms. The smallest absolute Gasteiger partial charge is 0.269 e. The number of hydrogen-bond donors (Lipinski definition) is 0. The lowest BCUT2D eigenvalue weighted by Gasteiger charge is -2.37. The average Bonchev–Trinajstić information content (AvgIpc) is 2.87. The molecule has 0 spiro atoms. The van der Waals surface area contributed by atoms with Crippen LogP contribution in [0.2, 0.25) is 5.02 Å². The highest BCUT2D eigenvalue weighted by Gasteiger charge is 2.38. The number of morpholine rings is 1. The Bertz CT molecular complexity index is 1270. The highest BCUT2D eigenvalue weighted by molar-refractivity contribution is 6.36. The zero-order valence-electron chi connectivity index (χ0n) is 20.0. The lowest BCUT2D eigenvalue weighted by molar-refractivity contribution is -0.384. The number of imide groups is 1. The molecule has 1 fully saturated rings. The number of aryl methyl sites for hydroxylation is 2. The Balaban J connectivity index is 1.87. The third kappa shape index (κ3) is 5.16. The van der Waals surface area contributed by atoms with Crippen LogP contribution in [0.1, 0.15) is 33.1 Å². The van der Waals surface area contributed by atoms with E-state index in [4.69, 9.17) is 16.3 Å². The fraction of sp³-hybridized carbons (Fsp3) is 0.259. The lowest BCUT2D eigenvalue weighted by Crippen LogP contribution is -2.49. The molecule has 1 saturated heterocycles. The van der Waals surface area contributed by atoms with Crippen LogP contribution in [0.4, 0.5) is 11.4 Å². The quantitative estimate of drug-likeness (QED) is 0.340. The Morgan fingerprint density at radius 2 is 1.58 bits per heavy atom. The zero-order valence-corrected chi connectivity index (χ0v) is 20.8. The number of hydrogen-bond acceptors (Lipinski definition) is 6. The van der Waals surface area contributed by atoms with Crippen LogP contribution < -0.4 is 4.90 Å². The first kappa shape index (κ1) is 25.5. The van der Waals surface area contributed by atoms with Crippen LogP contribution in [0.5, 0.6) is 0 Å². The molecule has 0 unspecified atom stereocenters. The van der Waals surface area contributed by atoms with Crippen molar-refractivity contribution in [2.75, 3.05) is 31.2 Å². The highest BCUT2D eigenvalue weighted by atomic mass is 35.5. The van der Waals surface area contributed by atoms with Crippen molar-refractivity contribution in [3.8, 4) is 0 Å². The molecule has 1 heterocycles. The summed E-state index contributed by atoms with van der Waals surface area (Å²) in [6, 6.07) is 17.2. The Morgan fingerprint density at radius 3 is 2.17 bits per heavy atom. The van der Waals surface area contributed by atoms with Crippen molar-refractivity contribution in [3.05, 3.63) is 104 Å². The number of anilines is 1. The maximum Gasteiger partial charge on any atom is 0.269 e. The summed E-state index contributed by atoms with van der Waals surface area (Å²) in [6.45, 7) is 5.48. The number of non-ortho nitro benzene ring substituents is 1. The number of nitro benzene ring substituents is 1. The van der Waals surface area contributed by atoms with Gasteiger partial charge in [0, 0.05) is 25.2 Å². The van der Waals surface area contributed by atoms with Crippen LogP contribution in [0.3, 0.4) is 0 Å². The van der Waals surface area contributed by atoms with Crippen molar-refractivity contribution in [3.63, 3.8) is 0 Å². The third-order valence-corrected chi connectivity index (χ3v) is 6.58. The molecule has 3 aromatic carbocycles. The maximum absolute atomic E-state index is 14.4. The van der Waals surface area contributed by atoms with E-state index >= 15 is 0 Å². The Labute approximate surface area is 214 Å². The van der Waals surface area contributed by atoms with Gasteiger partial charge in [-0.15, -0.1) is 0 Å². The summed E-state index contributed by atoms with van der Waals surface area (Å²) in [4.78, 5) is 42.3. The van der Waals surface area contributed by atoms with Crippen LogP contribution in [-0.2, 0) is 9.53 Å². The first-order valence-electron chi connectivity index (χ1n) is 11.5. The summed E-state index contributed by atoms with van der Waals surface area (Å²) in [5.41, 5.74) is 2.69. The molecule has 0 radical (unpaired) electrons. The van der Waals surface area contributed by atoms with Crippen molar-refractivity contribution in [2.24, 2.45) is 0 Å². The van der Waals surface area contributed by atoms with Crippen molar-refractivity contribution in [2.45, 2.75) is 19.9 Å². The van der Waals surface area contributed by atoms with E-state index in [-0.39, 0.29) is 16.3 Å². The number of nitro groups is 1. The van der Waals surface area contributed by atoms with Gasteiger partial charge in [-0.1, -0.05) is 54.1 Å². The van der Waals surface area contributed by atoms with E-state index < -0.39 is 22.8 Å². The topological polar surface area (TPSA) is 93.0 Å². The number of para-hydroxylation sites is 1. The maximum atomic E-state index is 14.4. The van der Waals surface area contributed by atoms with Crippen LogP contribution in [0.15, 0.2) is 66.7 Å². The summed E-state index contributed by atoms with van der Waals surface area (Å²) in [6.07, 6.45) is 0. The van der Waals surface area contributed by atoms with Gasteiger partial charge in [-0.05, 0) is 42.7 Å². The summed E-state index contributed by atoms with van der Waals surface area (Å²) in [5, 5.41) is 11.5. The molecule has 9 heteroatoms. The van der Waals surface area contributed by atoms with E-state index in [1.54, 1.807) is 36.4 Å². The number of carbonyl (C=O) groups excluding carboxylic acids is 2. The second-order valence-electron chi connectivity index (χ2n) is 8.60. The second-order valence-corrected chi connectivity index (χ2v) is 9.01. The van der Waals surface area contributed by atoms with Gasteiger partial charge < -0.3 is 4.74 Å². The first-order valence-corrected chi connectivity index (χ1v) is 11.9.